The number of likely N-dealkylation sites (tertiary alicyclic amines) is 1. The van der Waals surface area contributed by atoms with E-state index in [9.17, 15) is 9.90 Å². The van der Waals surface area contributed by atoms with Crippen molar-refractivity contribution in [3.63, 3.8) is 0 Å². The van der Waals surface area contributed by atoms with Gasteiger partial charge in [0.05, 0.1) is 7.05 Å². The van der Waals surface area contributed by atoms with Gasteiger partial charge in [0, 0.05) is 18.0 Å². The van der Waals surface area contributed by atoms with E-state index in [1.807, 2.05) is 28.8 Å². The van der Waals surface area contributed by atoms with Crippen LogP contribution in [0.25, 0.3) is 0 Å². The maximum atomic E-state index is 13.1. The van der Waals surface area contributed by atoms with E-state index >= 15 is 0 Å². The second-order valence-corrected chi connectivity index (χ2v) is 8.29. The van der Waals surface area contributed by atoms with E-state index in [0.29, 0.717) is 12.2 Å². The van der Waals surface area contributed by atoms with Crippen LogP contribution < -0.4 is 4.57 Å². The molecule has 0 spiro atoms. The number of aryl methyl sites for hydroxylation is 1. The van der Waals surface area contributed by atoms with Crippen molar-refractivity contribution in [1.29, 1.82) is 0 Å². The third-order valence-corrected chi connectivity index (χ3v) is 6.86. The number of imidazole rings is 1. The first-order valence-electron chi connectivity index (χ1n) is 8.91. The summed E-state index contributed by atoms with van der Waals surface area (Å²) < 4.78 is 3.53. The van der Waals surface area contributed by atoms with Crippen LogP contribution in [0.1, 0.15) is 38.3 Å². The van der Waals surface area contributed by atoms with Crippen molar-refractivity contribution < 1.29 is 14.5 Å². The van der Waals surface area contributed by atoms with Gasteiger partial charge in [-0.15, -0.1) is 0 Å². The first-order valence-corrected chi connectivity index (χ1v) is 8.91. The molecule has 1 fully saturated rings. The number of carbonyl (C=O) groups is 1. The molecule has 5 nitrogen and oxygen atoms in total. The van der Waals surface area contributed by atoms with Crippen LogP contribution in [0.2, 0.25) is 0 Å². The van der Waals surface area contributed by atoms with E-state index < -0.39 is 0 Å². The van der Waals surface area contributed by atoms with Crippen LogP contribution >= 0.6 is 0 Å². The fourth-order valence-corrected chi connectivity index (χ4v) is 4.87. The van der Waals surface area contributed by atoms with Gasteiger partial charge in [0.1, 0.15) is 18.1 Å². The molecule has 1 saturated heterocycles. The third kappa shape index (κ3) is 2.08. The molecular formula is C20H26N3O2+. The van der Waals surface area contributed by atoms with Crippen LogP contribution in [-0.4, -0.2) is 33.2 Å². The molecule has 2 atom stereocenters. The number of carbonyl (C=O) groups excluding carboxylic acids is 1. The standard InChI is InChI=1S/C20H25N3O2/c1-19(2)17-12-14-15(6-5-7-16(14)24)20(19,3)8-9-23(17)18(25)22-11-10-21(4)13-22/h5-7,10-11,13,17H,8-9,12H2,1-4H3/p+1/t17-,20+/m1/s1. The maximum Gasteiger partial charge on any atom is 0.416 e. The van der Waals surface area contributed by atoms with Gasteiger partial charge in [-0.05, 0) is 35.4 Å². The Hall–Kier alpha value is -2.30. The van der Waals surface area contributed by atoms with Gasteiger partial charge in [-0.2, -0.15) is 4.57 Å². The molecule has 1 N–H and O–H groups in total. The number of benzene rings is 1. The van der Waals surface area contributed by atoms with Gasteiger partial charge in [0.2, 0.25) is 0 Å². The maximum absolute atomic E-state index is 13.1. The Kier molecular flexibility index (Phi) is 3.30. The van der Waals surface area contributed by atoms with Crippen LogP contribution in [0.15, 0.2) is 36.9 Å². The predicted molar refractivity (Wildman–Crippen MR) is 94.5 cm³/mol. The summed E-state index contributed by atoms with van der Waals surface area (Å²) in [6.45, 7) is 7.55. The Balaban J connectivity index is 1.80. The molecule has 2 aliphatic rings. The zero-order valence-corrected chi connectivity index (χ0v) is 15.4. The number of amides is 1. The minimum absolute atomic E-state index is 0.0135. The quantitative estimate of drug-likeness (QED) is 0.750. The topological polar surface area (TPSA) is 49.3 Å². The highest BCUT2D eigenvalue weighted by atomic mass is 16.3. The lowest BCUT2D eigenvalue weighted by molar-refractivity contribution is -0.670. The van der Waals surface area contributed by atoms with Crippen molar-refractivity contribution in [2.45, 2.75) is 45.1 Å². The van der Waals surface area contributed by atoms with E-state index in [-0.39, 0.29) is 22.9 Å². The summed E-state index contributed by atoms with van der Waals surface area (Å²) in [7, 11) is 1.91. The molecule has 4 rings (SSSR count). The molecule has 1 aliphatic carbocycles. The molecule has 5 heteroatoms. The first-order chi connectivity index (χ1) is 11.8. The van der Waals surface area contributed by atoms with Gasteiger partial charge in [-0.1, -0.05) is 32.9 Å². The van der Waals surface area contributed by atoms with Crippen LogP contribution in [0.4, 0.5) is 4.79 Å². The number of hydrogen-bond acceptors (Lipinski definition) is 2. The molecule has 1 amide bonds. The van der Waals surface area contributed by atoms with Gasteiger partial charge in [-0.25, -0.2) is 9.36 Å². The average Bonchev–Trinajstić information content (AvgIpc) is 2.98. The number of hydrogen-bond donors (Lipinski definition) is 1. The van der Waals surface area contributed by atoms with E-state index in [1.165, 1.54) is 5.56 Å². The normalized spacial score (nSPS) is 27.0. The van der Waals surface area contributed by atoms with Crippen molar-refractivity contribution >= 4 is 6.03 Å². The molecule has 1 aliphatic heterocycles. The molecule has 0 saturated carbocycles. The molecule has 1 aromatic carbocycles. The Morgan fingerprint density at radius 3 is 2.76 bits per heavy atom. The zero-order valence-electron chi connectivity index (χ0n) is 15.4. The highest BCUT2D eigenvalue weighted by Gasteiger charge is 2.57. The Morgan fingerprint density at radius 1 is 1.32 bits per heavy atom. The number of piperidine rings is 1. The predicted octanol–water partition coefficient (Wildman–Crippen LogP) is 2.60. The SMILES string of the molecule is C[n+]1ccn(C(=O)N2CC[C@@]3(C)c4cccc(O)c4C[C@@H]2C3(C)C)c1. The molecule has 132 valence electrons. The highest BCUT2D eigenvalue weighted by molar-refractivity contribution is 5.77. The smallest absolute Gasteiger partial charge is 0.416 e. The summed E-state index contributed by atoms with van der Waals surface area (Å²) in [6, 6.07) is 5.92. The Bertz CT molecular complexity index is 854. The number of aromatic nitrogens is 2. The number of rotatable bonds is 0. The van der Waals surface area contributed by atoms with Crippen molar-refractivity contribution in [1.82, 2.24) is 9.47 Å². The minimum Gasteiger partial charge on any atom is -0.508 e. The van der Waals surface area contributed by atoms with Crippen molar-refractivity contribution in [2.24, 2.45) is 12.5 Å². The van der Waals surface area contributed by atoms with E-state index in [4.69, 9.17) is 0 Å². The molecular weight excluding hydrogens is 314 g/mol. The summed E-state index contributed by atoms with van der Waals surface area (Å²) in [5.41, 5.74) is 2.12. The Labute approximate surface area is 148 Å². The van der Waals surface area contributed by atoms with Crippen molar-refractivity contribution in [2.75, 3.05) is 6.54 Å². The van der Waals surface area contributed by atoms with Gasteiger partial charge in [0.15, 0.2) is 0 Å². The highest BCUT2D eigenvalue weighted by Crippen LogP contribution is 2.57. The monoisotopic (exact) mass is 340 g/mol. The first kappa shape index (κ1) is 16.2. The minimum atomic E-state index is -0.0724. The third-order valence-electron chi connectivity index (χ3n) is 6.86. The van der Waals surface area contributed by atoms with E-state index in [0.717, 1.165) is 18.5 Å². The number of nitrogens with zero attached hydrogens (tertiary/aromatic N) is 3. The molecule has 25 heavy (non-hydrogen) atoms. The fourth-order valence-electron chi connectivity index (χ4n) is 4.87. The number of phenolic OH excluding ortho intramolecular Hbond substituents is 1. The van der Waals surface area contributed by atoms with Crippen LogP contribution in [-0.2, 0) is 18.9 Å². The summed E-state index contributed by atoms with van der Waals surface area (Å²) in [5.74, 6) is 0.353. The van der Waals surface area contributed by atoms with Gasteiger partial charge < -0.3 is 10.0 Å². The fraction of sp³-hybridized carbons (Fsp3) is 0.500. The van der Waals surface area contributed by atoms with Gasteiger partial charge >= 0.3 is 6.03 Å². The zero-order chi connectivity index (χ0) is 18.0. The van der Waals surface area contributed by atoms with Crippen LogP contribution in [0.5, 0.6) is 5.75 Å². The van der Waals surface area contributed by atoms with E-state index in [2.05, 4.69) is 26.8 Å². The van der Waals surface area contributed by atoms with Crippen molar-refractivity contribution in [3.05, 3.63) is 48.0 Å². The van der Waals surface area contributed by atoms with Crippen LogP contribution in [0.3, 0.4) is 0 Å². The molecule has 0 radical (unpaired) electrons. The van der Waals surface area contributed by atoms with Gasteiger partial charge in [-0.3, -0.25) is 0 Å². The number of aromatic hydroxyl groups is 1. The van der Waals surface area contributed by atoms with E-state index in [1.54, 1.807) is 23.2 Å². The van der Waals surface area contributed by atoms with Crippen molar-refractivity contribution in [3.8, 4) is 5.75 Å². The summed E-state index contributed by atoms with van der Waals surface area (Å²) in [6.07, 6.45) is 7.07. The molecule has 2 aromatic rings. The lowest BCUT2D eigenvalue weighted by atomic mass is 9.51. The second kappa shape index (κ2) is 5.10. The summed E-state index contributed by atoms with van der Waals surface area (Å²) in [5, 5.41) is 10.4. The molecule has 0 unspecified atom stereocenters. The average molecular weight is 340 g/mol. The molecule has 2 heterocycles. The molecule has 2 bridgehead atoms. The summed E-state index contributed by atoms with van der Waals surface area (Å²) in [4.78, 5) is 15.1. The second-order valence-electron chi connectivity index (χ2n) is 8.29. The lowest BCUT2D eigenvalue weighted by Crippen LogP contribution is -2.65. The number of fused-ring (bicyclic) bond motifs is 4. The Morgan fingerprint density at radius 2 is 2.08 bits per heavy atom. The largest absolute Gasteiger partial charge is 0.508 e. The number of phenols is 1. The van der Waals surface area contributed by atoms with Crippen LogP contribution in [0, 0.1) is 5.41 Å². The van der Waals surface area contributed by atoms with Gasteiger partial charge in [0.25, 0.3) is 6.33 Å². The lowest BCUT2D eigenvalue weighted by Gasteiger charge is -2.60. The molecule has 1 aromatic heterocycles. The summed E-state index contributed by atoms with van der Waals surface area (Å²) >= 11 is 0.